The maximum absolute atomic E-state index is 5.20. The van der Waals surface area contributed by atoms with E-state index in [1.807, 2.05) is 29.1 Å². The van der Waals surface area contributed by atoms with Crippen molar-refractivity contribution in [2.24, 2.45) is 4.99 Å². The highest BCUT2D eigenvalue weighted by Crippen LogP contribution is 2.21. The lowest BCUT2D eigenvalue weighted by Gasteiger charge is -2.15. The number of guanidine groups is 1. The summed E-state index contributed by atoms with van der Waals surface area (Å²) in [4.78, 5) is 4.25. The molecule has 1 unspecified atom stereocenters. The molecule has 2 rings (SSSR count). The molecule has 6 heteroatoms. The first-order chi connectivity index (χ1) is 11.7. The van der Waals surface area contributed by atoms with E-state index in [-0.39, 0.29) is 0 Å². The number of ether oxygens (including phenoxy) is 1. The van der Waals surface area contributed by atoms with E-state index in [9.17, 15) is 0 Å². The van der Waals surface area contributed by atoms with Crippen LogP contribution in [0.25, 0.3) is 0 Å². The molecule has 0 amide bonds. The molecule has 130 valence electrons. The number of nitrogens with zero attached hydrogens (tertiary/aromatic N) is 3. The maximum Gasteiger partial charge on any atom is 0.191 e. The molecule has 1 heterocycles. The van der Waals surface area contributed by atoms with Gasteiger partial charge in [0.1, 0.15) is 5.75 Å². The van der Waals surface area contributed by atoms with Crippen molar-refractivity contribution in [3.63, 3.8) is 0 Å². The van der Waals surface area contributed by atoms with Crippen LogP contribution >= 0.6 is 0 Å². The zero-order valence-electron chi connectivity index (χ0n) is 14.7. The molecular weight excluding hydrogens is 302 g/mol. The van der Waals surface area contributed by atoms with Crippen molar-refractivity contribution >= 4 is 5.96 Å². The summed E-state index contributed by atoms with van der Waals surface area (Å²) in [6.07, 6.45) is 4.77. The Morgan fingerprint density at radius 1 is 1.25 bits per heavy atom. The van der Waals surface area contributed by atoms with Gasteiger partial charge in [-0.2, -0.15) is 5.10 Å². The Bertz CT molecular complexity index is 607. The van der Waals surface area contributed by atoms with Gasteiger partial charge in [-0.15, -0.1) is 0 Å². The van der Waals surface area contributed by atoms with Gasteiger partial charge >= 0.3 is 0 Å². The molecule has 2 aromatic rings. The van der Waals surface area contributed by atoms with Crippen LogP contribution in [0.4, 0.5) is 0 Å². The van der Waals surface area contributed by atoms with Crippen molar-refractivity contribution < 1.29 is 4.74 Å². The van der Waals surface area contributed by atoms with Gasteiger partial charge in [-0.05, 0) is 36.1 Å². The summed E-state index contributed by atoms with van der Waals surface area (Å²) >= 11 is 0. The fourth-order valence-electron chi connectivity index (χ4n) is 2.45. The molecule has 0 spiro atoms. The van der Waals surface area contributed by atoms with Crippen molar-refractivity contribution in [2.75, 3.05) is 27.2 Å². The number of aliphatic imine (C=N–C) groups is 1. The van der Waals surface area contributed by atoms with Gasteiger partial charge in [-0.25, -0.2) is 0 Å². The number of methoxy groups -OCH3 is 1. The largest absolute Gasteiger partial charge is 0.497 e. The number of hydrogen-bond donors (Lipinski definition) is 2. The van der Waals surface area contributed by atoms with Crippen LogP contribution in [0.5, 0.6) is 5.75 Å². The first-order valence-electron chi connectivity index (χ1n) is 8.29. The van der Waals surface area contributed by atoms with Gasteiger partial charge in [0.2, 0.25) is 0 Å². The van der Waals surface area contributed by atoms with E-state index < -0.39 is 0 Å². The summed E-state index contributed by atoms with van der Waals surface area (Å²) in [6.45, 7) is 4.71. The van der Waals surface area contributed by atoms with Gasteiger partial charge in [0, 0.05) is 32.5 Å². The summed E-state index contributed by atoms with van der Waals surface area (Å²) in [5.41, 5.74) is 1.32. The summed E-state index contributed by atoms with van der Waals surface area (Å²) in [5.74, 6) is 2.19. The molecular formula is C18H27N5O. The van der Waals surface area contributed by atoms with Crippen LogP contribution in [0, 0.1) is 0 Å². The highest BCUT2D eigenvalue weighted by molar-refractivity contribution is 5.79. The second-order valence-electron chi connectivity index (χ2n) is 5.66. The number of benzene rings is 1. The second-order valence-corrected chi connectivity index (χ2v) is 5.66. The predicted molar refractivity (Wildman–Crippen MR) is 97.6 cm³/mol. The zero-order chi connectivity index (χ0) is 17.2. The second kappa shape index (κ2) is 9.60. The molecule has 6 nitrogen and oxygen atoms in total. The Balaban J connectivity index is 1.68. The lowest BCUT2D eigenvalue weighted by molar-refractivity contribution is 0.414. The van der Waals surface area contributed by atoms with E-state index in [0.717, 1.165) is 37.8 Å². The third kappa shape index (κ3) is 5.61. The van der Waals surface area contributed by atoms with Crippen molar-refractivity contribution in [1.29, 1.82) is 0 Å². The van der Waals surface area contributed by atoms with Gasteiger partial charge < -0.3 is 15.4 Å². The van der Waals surface area contributed by atoms with Gasteiger partial charge in [-0.3, -0.25) is 9.67 Å². The molecule has 24 heavy (non-hydrogen) atoms. The Morgan fingerprint density at radius 3 is 2.62 bits per heavy atom. The smallest absolute Gasteiger partial charge is 0.191 e. The Labute approximate surface area is 143 Å². The molecule has 0 bridgehead atoms. The topological polar surface area (TPSA) is 63.5 Å². The lowest BCUT2D eigenvalue weighted by Crippen LogP contribution is -2.39. The van der Waals surface area contributed by atoms with E-state index in [1.54, 1.807) is 20.4 Å². The van der Waals surface area contributed by atoms with Crippen LogP contribution in [-0.2, 0) is 6.54 Å². The van der Waals surface area contributed by atoms with Crippen molar-refractivity contribution in [2.45, 2.75) is 25.8 Å². The van der Waals surface area contributed by atoms with E-state index in [1.165, 1.54) is 5.56 Å². The number of hydrogen-bond acceptors (Lipinski definition) is 3. The first-order valence-corrected chi connectivity index (χ1v) is 8.29. The van der Waals surface area contributed by atoms with Gasteiger partial charge in [-0.1, -0.05) is 19.1 Å². The summed E-state index contributed by atoms with van der Waals surface area (Å²) < 4.78 is 7.09. The van der Waals surface area contributed by atoms with Crippen LogP contribution in [0.3, 0.4) is 0 Å². The van der Waals surface area contributed by atoms with E-state index >= 15 is 0 Å². The fraction of sp³-hybridized carbons (Fsp3) is 0.444. The van der Waals surface area contributed by atoms with Crippen LogP contribution in [0.15, 0.2) is 47.7 Å². The first kappa shape index (κ1) is 17.8. The summed E-state index contributed by atoms with van der Waals surface area (Å²) in [7, 11) is 3.48. The van der Waals surface area contributed by atoms with E-state index in [0.29, 0.717) is 5.92 Å². The number of aromatic nitrogens is 2. The molecule has 0 saturated heterocycles. The van der Waals surface area contributed by atoms with Crippen LogP contribution in [-0.4, -0.2) is 43.0 Å². The van der Waals surface area contributed by atoms with E-state index in [4.69, 9.17) is 4.74 Å². The number of rotatable bonds is 8. The summed E-state index contributed by atoms with van der Waals surface area (Å²) in [6, 6.07) is 10.2. The molecule has 0 radical (unpaired) electrons. The Morgan fingerprint density at radius 2 is 2.00 bits per heavy atom. The molecule has 1 aromatic heterocycles. The standard InChI is InChI=1S/C18H27N5O/c1-15(16-5-7-17(24-3)8-6-16)9-11-20-18(19-2)21-12-14-23-13-4-10-22-23/h4-8,10,13,15H,9,11-12,14H2,1-3H3,(H2,19,20,21). The third-order valence-electron chi connectivity index (χ3n) is 3.97. The maximum atomic E-state index is 5.20. The monoisotopic (exact) mass is 329 g/mol. The van der Waals surface area contributed by atoms with Crippen LogP contribution in [0.1, 0.15) is 24.8 Å². The minimum atomic E-state index is 0.477. The molecule has 0 aliphatic rings. The van der Waals surface area contributed by atoms with Crippen LogP contribution in [0.2, 0.25) is 0 Å². The van der Waals surface area contributed by atoms with Crippen LogP contribution < -0.4 is 15.4 Å². The summed E-state index contributed by atoms with van der Waals surface area (Å²) in [5, 5.41) is 10.8. The van der Waals surface area contributed by atoms with Crippen molar-refractivity contribution in [3.05, 3.63) is 48.3 Å². The number of nitrogens with one attached hydrogen (secondary N) is 2. The minimum absolute atomic E-state index is 0.477. The van der Waals surface area contributed by atoms with Gasteiger partial charge in [0.15, 0.2) is 5.96 Å². The van der Waals surface area contributed by atoms with Crippen molar-refractivity contribution in [1.82, 2.24) is 20.4 Å². The molecule has 2 N–H and O–H groups in total. The molecule has 1 atom stereocenters. The van der Waals surface area contributed by atoms with Crippen molar-refractivity contribution in [3.8, 4) is 5.75 Å². The average molecular weight is 329 g/mol. The highest BCUT2D eigenvalue weighted by atomic mass is 16.5. The zero-order valence-corrected chi connectivity index (χ0v) is 14.7. The SMILES string of the molecule is CN=C(NCCC(C)c1ccc(OC)cc1)NCCn1cccn1. The highest BCUT2D eigenvalue weighted by Gasteiger charge is 2.06. The quantitative estimate of drug-likeness (QED) is 0.576. The minimum Gasteiger partial charge on any atom is -0.497 e. The Kier molecular flexibility index (Phi) is 7.14. The molecule has 0 aliphatic carbocycles. The van der Waals surface area contributed by atoms with Gasteiger partial charge in [0.05, 0.1) is 13.7 Å². The van der Waals surface area contributed by atoms with Gasteiger partial charge in [0.25, 0.3) is 0 Å². The molecule has 0 saturated carbocycles. The Hall–Kier alpha value is -2.50. The molecule has 0 fully saturated rings. The fourth-order valence-corrected chi connectivity index (χ4v) is 2.45. The lowest BCUT2D eigenvalue weighted by atomic mass is 9.98. The average Bonchev–Trinajstić information content (AvgIpc) is 3.13. The molecule has 1 aromatic carbocycles. The predicted octanol–water partition coefficient (Wildman–Crippen LogP) is 2.25. The third-order valence-corrected chi connectivity index (χ3v) is 3.97. The normalized spacial score (nSPS) is 12.7. The molecule has 0 aliphatic heterocycles. The van der Waals surface area contributed by atoms with E-state index in [2.05, 4.69) is 39.8 Å².